The van der Waals surface area contributed by atoms with E-state index < -0.39 is 5.82 Å². The number of aromatic nitrogens is 1. The number of carbonyl (C=O) groups excluding carboxylic acids is 1. The highest BCUT2D eigenvalue weighted by Gasteiger charge is 2.09. The molecule has 0 unspecified atom stereocenters. The third-order valence-electron chi connectivity index (χ3n) is 2.33. The molecule has 1 aromatic heterocycles. The first kappa shape index (κ1) is 12.6. The molecule has 1 amide bonds. The van der Waals surface area contributed by atoms with E-state index in [1.807, 2.05) is 0 Å². The fraction of sp³-hybridized carbons (Fsp3) is 0.500. The Balaban J connectivity index is 2.33. The molecule has 0 bridgehead atoms. The van der Waals surface area contributed by atoms with Crippen LogP contribution in [0.2, 0.25) is 0 Å². The summed E-state index contributed by atoms with van der Waals surface area (Å²) in [5, 5.41) is 2.69. The van der Waals surface area contributed by atoms with Gasteiger partial charge < -0.3 is 5.32 Å². The van der Waals surface area contributed by atoms with E-state index >= 15 is 0 Å². The molecule has 1 rings (SSSR count). The Bertz CT molecular complexity index is 342. The van der Waals surface area contributed by atoms with Crippen LogP contribution in [0.5, 0.6) is 0 Å². The zero-order chi connectivity index (χ0) is 11.8. The van der Waals surface area contributed by atoms with Gasteiger partial charge >= 0.3 is 0 Å². The maximum absolute atomic E-state index is 13.1. The van der Waals surface area contributed by atoms with Gasteiger partial charge in [-0.15, -0.1) is 0 Å². The summed E-state index contributed by atoms with van der Waals surface area (Å²) in [5.41, 5.74) is 0.0606. The van der Waals surface area contributed by atoms with Crippen LogP contribution in [-0.4, -0.2) is 17.4 Å². The molecule has 1 aromatic rings. The number of hydrogen-bond acceptors (Lipinski definition) is 2. The number of hydrogen-bond donors (Lipinski definition) is 1. The summed E-state index contributed by atoms with van der Waals surface area (Å²) >= 11 is 0. The van der Waals surface area contributed by atoms with Crippen LogP contribution in [0.15, 0.2) is 18.5 Å². The highest BCUT2D eigenvalue weighted by molar-refractivity contribution is 5.94. The van der Waals surface area contributed by atoms with Gasteiger partial charge in [0.1, 0.15) is 0 Å². The number of carbonyl (C=O) groups is 1. The third kappa shape index (κ3) is 3.96. The largest absolute Gasteiger partial charge is 0.352 e. The summed E-state index contributed by atoms with van der Waals surface area (Å²) in [5.74, 6) is -0.940. The lowest BCUT2D eigenvalue weighted by Gasteiger charge is -2.05. The van der Waals surface area contributed by atoms with Gasteiger partial charge in [0.25, 0.3) is 5.91 Å². The van der Waals surface area contributed by atoms with Crippen LogP contribution in [0, 0.1) is 5.82 Å². The van der Waals surface area contributed by atoms with E-state index in [9.17, 15) is 9.18 Å². The second-order valence-corrected chi connectivity index (χ2v) is 3.67. The first-order chi connectivity index (χ1) is 7.75. The molecule has 0 aliphatic rings. The average Bonchev–Trinajstić information content (AvgIpc) is 2.29. The number of pyridine rings is 1. The number of halogens is 1. The van der Waals surface area contributed by atoms with Gasteiger partial charge in [0.15, 0.2) is 5.82 Å². The summed E-state index contributed by atoms with van der Waals surface area (Å²) < 4.78 is 13.1. The van der Waals surface area contributed by atoms with Gasteiger partial charge in [-0.1, -0.05) is 26.2 Å². The third-order valence-corrected chi connectivity index (χ3v) is 2.33. The molecule has 0 saturated heterocycles. The van der Waals surface area contributed by atoms with Crippen LogP contribution >= 0.6 is 0 Å². The van der Waals surface area contributed by atoms with E-state index in [-0.39, 0.29) is 11.5 Å². The molecule has 0 aliphatic carbocycles. The number of nitrogens with zero attached hydrogens (tertiary/aromatic N) is 1. The van der Waals surface area contributed by atoms with Crippen LogP contribution < -0.4 is 5.32 Å². The van der Waals surface area contributed by atoms with Crippen molar-refractivity contribution >= 4 is 5.91 Å². The molecule has 16 heavy (non-hydrogen) atoms. The lowest BCUT2D eigenvalue weighted by Crippen LogP contribution is -2.25. The Kier molecular flexibility index (Phi) is 5.46. The Morgan fingerprint density at radius 1 is 1.44 bits per heavy atom. The van der Waals surface area contributed by atoms with Crippen LogP contribution in [-0.2, 0) is 0 Å². The van der Waals surface area contributed by atoms with Gasteiger partial charge in [-0.25, -0.2) is 4.39 Å². The fourth-order valence-electron chi connectivity index (χ4n) is 1.41. The molecule has 0 saturated carbocycles. The van der Waals surface area contributed by atoms with Crippen LogP contribution in [0.1, 0.15) is 43.0 Å². The molecule has 1 heterocycles. The average molecular weight is 224 g/mol. The minimum absolute atomic E-state index is 0.0606. The summed E-state index contributed by atoms with van der Waals surface area (Å²) in [7, 11) is 0. The summed E-state index contributed by atoms with van der Waals surface area (Å²) in [4.78, 5) is 15.1. The highest BCUT2D eigenvalue weighted by Crippen LogP contribution is 2.04. The second kappa shape index (κ2) is 6.93. The zero-order valence-corrected chi connectivity index (χ0v) is 9.50. The maximum Gasteiger partial charge on any atom is 0.254 e. The number of amides is 1. The summed E-state index contributed by atoms with van der Waals surface area (Å²) in [6, 6.07) is 1.39. The number of unbranched alkanes of at least 4 members (excludes halogenated alkanes) is 3. The zero-order valence-electron chi connectivity index (χ0n) is 9.50. The number of nitrogens with one attached hydrogen (secondary N) is 1. The van der Waals surface area contributed by atoms with Crippen molar-refractivity contribution in [2.45, 2.75) is 32.6 Å². The predicted molar refractivity (Wildman–Crippen MR) is 60.7 cm³/mol. The highest BCUT2D eigenvalue weighted by atomic mass is 19.1. The Labute approximate surface area is 95.1 Å². The Morgan fingerprint density at radius 3 is 2.94 bits per heavy atom. The summed E-state index contributed by atoms with van der Waals surface area (Å²) in [6.07, 6.45) is 6.81. The SMILES string of the molecule is CCCCCCNC(=O)c1ccncc1F. The van der Waals surface area contributed by atoms with E-state index in [1.54, 1.807) is 0 Å². The van der Waals surface area contributed by atoms with E-state index in [2.05, 4.69) is 17.2 Å². The standard InChI is InChI=1S/C12H17FN2O/c1-2-3-4-5-7-15-12(16)10-6-8-14-9-11(10)13/h6,8-9H,2-5,7H2,1H3,(H,15,16). The minimum Gasteiger partial charge on any atom is -0.352 e. The normalized spacial score (nSPS) is 10.1. The molecule has 0 atom stereocenters. The number of rotatable bonds is 6. The van der Waals surface area contributed by atoms with E-state index in [0.29, 0.717) is 6.54 Å². The first-order valence-electron chi connectivity index (χ1n) is 5.63. The molecular formula is C12H17FN2O. The topological polar surface area (TPSA) is 42.0 Å². The van der Waals surface area contributed by atoms with Crippen LogP contribution in [0.25, 0.3) is 0 Å². The van der Waals surface area contributed by atoms with Crippen molar-refractivity contribution in [3.8, 4) is 0 Å². The van der Waals surface area contributed by atoms with Crippen molar-refractivity contribution in [3.63, 3.8) is 0 Å². The van der Waals surface area contributed by atoms with Crippen molar-refractivity contribution in [1.29, 1.82) is 0 Å². The van der Waals surface area contributed by atoms with Crippen LogP contribution in [0.3, 0.4) is 0 Å². The molecule has 0 spiro atoms. The van der Waals surface area contributed by atoms with Gasteiger partial charge in [0, 0.05) is 12.7 Å². The van der Waals surface area contributed by atoms with Crippen molar-refractivity contribution in [3.05, 3.63) is 29.8 Å². The smallest absolute Gasteiger partial charge is 0.254 e. The maximum atomic E-state index is 13.1. The molecule has 0 aliphatic heterocycles. The minimum atomic E-state index is -0.575. The lowest BCUT2D eigenvalue weighted by molar-refractivity contribution is 0.0948. The molecule has 3 nitrogen and oxygen atoms in total. The Hall–Kier alpha value is -1.45. The lowest BCUT2D eigenvalue weighted by atomic mass is 10.2. The molecule has 1 N–H and O–H groups in total. The van der Waals surface area contributed by atoms with Crippen molar-refractivity contribution in [2.24, 2.45) is 0 Å². The molecule has 0 aromatic carbocycles. The van der Waals surface area contributed by atoms with Gasteiger partial charge in [0.2, 0.25) is 0 Å². The molecule has 0 fully saturated rings. The summed E-state index contributed by atoms with van der Waals surface area (Å²) in [6.45, 7) is 2.73. The van der Waals surface area contributed by atoms with Gasteiger partial charge in [-0.05, 0) is 12.5 Å². The van der Waals surface area contributed by atoms with Gasteiger partial charge in [-0.3, -0.25) is 9.78 Å². The molecule has 4 heteroatoms. The Morgan fingerprint density at radius 2 is 2.25 bits per heavy atom. The van der Waals surface area contributed by atoms with E-state index in [1.165, 1.54) is 18.7 Å². The fourth-order valence-corrected chi connectivity index (χ4v) is 1.41. The van der Waals surface area contributed by atoms with Gasteiger partial charge in [0.05, 0.1) is 11.8 Å². The van der Waals surface area contributed by atoms with E-state index in [4.69, 9.17) is 0 Å². The van der Waals surface area contributed by atoms with Crippen LogP contribution in [0.4, 0.5) is 4.39 Å². The first-order valence-corrected chi connectivity index (χ1v) is 5.63. The molecule has 88 valence electrons. The van der Waals surface area contributed by atoms with Crippen molar-refractivity contribution in [1.82, 2.24) is 10.3 Å². The van der Waals surface area contributed by atoms with Gasteiger partial charge in [-0.2, -0.15) is 0 Å². The molecular weight excluding hydrogens is 207 g/mol. The quantitative estimate of drug-likeness (QED) is 0.754. The molecule has 0 radical (unpaired) electrons. The van der Waals surface area contributed by atoms with Crippen molar-refractivity contribution < 1.29 is 9.18 Å². The van der Waals surface area contributed by atoms with E-state index in [0.717, 1.165) is 25.5 Å². The second-order valence-electron chi connectivity index (χ2n) is 3.67. The monoisotopic (exact) mass is 224 g/mol. The van der Waals surface area contributed by atoms with Crippen molar-refractivity contribution in [2.75, 3.05) is 6.54 Å². The predicted octanol–water partition coefficient (Wildman–Crippen LogP) is 2.53.